The molecule has 0 fully saturated rings. The molecule has 3 nitrogen and oxygen atoms in total. The second kappa shape index (κ2) is 6.04. The number of halogens is 1. The molecule has 100 valence electrons. The molecule has 0 spiro atoms. The van der Waals surface area contributed by atoms with Crippen molar-refractivity contribution in [3.63, 3.8) is 0 Å². The van der Waals surface area contributed by atoms with Crippen molar-refractivity contribution >= 4 is 15.9 Å². The Morgan fingerprint density at radius 1 is 1.50 bits per heavy atom. The van der Waals surface area contributed by atoms with Crippen molar-refractivity contribution < 1.29 is 14.6 Å². The van der Waals surface area contributed by atoms with Crippen LogP contribution in [0.25, 0.3) is 0 Å². The van der Waals surface area contributed by atoms with E-state index in [0.29, 0.717) is 6.42 Å². The van der Waals surface area contributed by atoms with Gasteiger partial charge in [0.2, 0.25) is 0 Å². The van der Waals surface area contributed by atoms with Crippen molar-refractivity contribution in [2.24, 2.45) is 0 Å². The van der Waals surface area contributed by atoms with Crippen molar-refractivity contribution in [2.75, 3.05) is 13.7 Å². The van der Waals surface area contributed by atoms with E-state index in [-0.39, 0.29) is 6.10 Å². The molecule has 0 radical (unpaired) electrons. The van der Waals surface area contributed by atoms with E-state index in [1.807, 2.05) is 13.0 Å². The standard InChI is InChI=1S/C14H19BrO3/c1-3-13(17-2)12(16)8-10-7-11(15)6-9-4-5-18-14(9)10/h6-7,12-13,16H,3-5,8H2,1-2H3. The van der Waals surface area contributed by atoms with Gasteiger partial charge < -0.3 is 14.6 Å². The fraction of sp³-hybridized carbons (Fsp3) is 0.571. The number of aliphatic hydroxyl groups is 1. The van der Waals surface area contributed by atoms with Gasteiger partial charge in [-0.2, -0.15) is 0 Å². The van der Waals surface area contributed by atoms with Crippen molar-refractivity contribution in [2.45, 2.75) is 38.4 Å². The first kappa shape index (κ1) is 13.8. The summed E-state index contributed by atoms with van der Waals surface area (Å²) in [5, 5.41) is 10.2. The number of fused-ring (bicyclic) bond motifs is 1. The number of aliphatic hydroxyl groups excluding tert-OH is 1. The van der Waals surface area contributed by atoms with Crippen molar-refractivity contribution in [1.82, 2.24) is 0 Å². The van der Waals surface area contributed by atoms with E-state index in [0.717, 1.165) is 35.2 Å². The monoisotopic (exact) mass is 314 g/mol. The topological polar surface area (TPSA) is 38.7 Å². The van der Waals surface area contributed by atoms with Gasteiger partial charge >= 0.3 is 0 Å². The highest BCUT2D eigenvalue weighted by molar-refractivity contribution is 9.10. The van der Waals surface area contributed by atoms with Gasteiger partial charge in [-0.3, -0.25) is 0 Å². The molecule has 0 saturated carbocycles. The van der Waals surface area contributed by atoms with Crippen LogP contribution in [0.1, 0.15) is 24.5 Å². The third-order valence-corrected chi connectivity index (χ3v) is 3.85. The normalized spacial score (nSPS) is 17.1. The average molecular weight is 315 g/mol. The third kappa shape index (κ3) is 2.87. The molecule has 1 heterocycles. The van der Waals surface area contributed by atoms with Crippen LogP contribution in [-0.4, -0.2) is 31.0 Å². The van der Waals surface area contributed by atoms with Gasteiger partial charge in [0.05, 0.1) is 18.8 Å². The third-order valence-electron chi connectivity index (χ3n) is 3.39. The fourth-order valence-electron chi connectivity index (χ4n) is 2.45. The van der Waals surface area contributed by atoms with Gasteiger partial charge in [-0.05, 0) is 29.7 Å². The predicted octanol–water partition coefficient (Wildman–Crippen LogP) is 2.71. The van der Waals surface area contributed by atoms with Crippen LogP contribution in [0.2, 0.25) is 0 Å². The summed E-state index contributed by atoms with van der Waals surface area (Å²) in [6, 6.07) is 4.11. The Morgan fingerprint density at radius 3 is 2.94 bits per heavy atom. The van der Waals surface area contributed by atoms with E-state index in [1.165, 1.54) is 5.56 Å². The number of hydrogen-bond acceptors (Lipinski definition) is 3. The second-order valence-electron chi connectivity index (χ2n) is 4.61. The van der Waals surface area contributed by atoms with Crippen LogP contribution in [-0.2, 0) is 17.6 Å². The second-order valence-corrected chi connectivity index (χ2v) is 5.52. The molecular weight excluding hydrogens is 296 g/mol. The molecule has 1 aromatic rings. The highest BCUT2D eigenvalue weighted by Gasteiger charge is 2.23. The molecule has 2 unspecified atom stereocenters. The van der Waals surface area contributed by atoms with Crippen LogP contribution in [0.4, 0.5) is 0 Å². The molecule has 1 N–H and O–H groups in total. The Hall–Kier alpha value is -0.580. The fourth-order valence-corrected chi connectivity index (χ4v) is 3.00. The maximum atomic E-state index is 10.2. The van der Waals surface area contributed by atoms with E-state index in [4.69, 9.17) is 9.47 Å². The summed E-state index contributed by atoms with van der Waals surface area (Å²) in [6.07, 6.45) is 1.69. The predicted molar refractivity (Wildman–Crippen MR) is 74.1 cm³/mol. The summed E-state index contributed by atoms with van der Waals surface area (Å²) >= 11 is 3.51. The molecule has 1 aromatic carbocycles. The average Bonchev–Trinajstić information content (AvgIpc) is 2.78. The van der Waals surface area contributed by atoms with Gasteiger partial charge in [0.1, 0.15) is 5.75 Å². The van der Waals surface area contributed by atoms with Crippen LogP contribution in [0, 0.1) is 0 Å². The Bertz CT molecular complexity index is 416. The number of rotatable bonds is 5. The maximum Gasteiger partial charge on any atom is 0.125 e. The van der Waals surface area contributed by atoms with E-state index in [1.54, 1.807) is 7.11 Å². The number of hydrogen-bond donors (Lipinski definition) is 1. The number of methoxy groups -OCH3 is 1. The van der Waals surface area contributed by atoms with Crippen LogP contribution in [0.15, 0.2) is 16.6 Å². The molecule has 0 bridgehead atoms. The minimum Gasteiger partial charge on any atom is -0.493 e. The number of benzene rings is 1. The molecule has 18 heavy (non-hydrogen) atoms. The Kier molecular flexibility index (Phi) is 4.65. The van der Waals surface area contributed by atoms with Gasteiger partial charge in [-0.15, -0.1) is 0 Å². The smallest absolute Gasteiger partial charge is 0.125 e. The summed E-state index contributed by atoms with van der Waals surface area (Å²) in [4.78, 5) is 0. The molecule has 0 aliphatic carbocycles. The molecule has 4 heteroatoms. The SMILES string of the molecule is CCC(OC)C(O)Cc1cc(Br)cc2c1OCC2. The van der Waals surface area contributed by atoms with E-state index in [2.05, 4.69) is 22.0 Å². The minimum atomic E-state index is -0.498. The van der Waals surface area contributed by atoms with E-state index >= 15 is 0 Å². The van der Waals surface area contributed by atoms with Crippen molar-refractivity contribution in [3.05, 3.63) is 27.7 Å². The molecule has 0 amide bonds. The van der Waals surface area contributed by atoms with Crippen molar-refractivity contribution in [3.8, 4) is 5.75 Å². The van der Waals surface area contributed by atoms with Crippen LogP contribution < -0.4 is 4.74 Å². The molecular formula is C14H19BrO3. The largest absolute Gasteiger partial charge is 0.493 e. The first-order valence-electron chi connectivity index (χ1n) is 6.30. The van der Waals surface area contributed by atoms with Crippen molar-refractivity contribution in [1.29, 1.82) is 0 Å². The summed E-state index contributed by atoms with van der Waals surface area (Å²) < 4.78 is 12.0. The first-order chi connectivity index (χ1) is 8.65. The maximum absolute atomic E-state index is 10.2. The summed E-state index contributed by atoms with van der Waals surface area (Å²) in [5.41, 5.74) is 2.27. The molecule has 1 aliphatic heterocycles. The lowest BCUT2D eigenvalue weighted by Crippen LogP contribution is -2.29. The van der Waals surface area contributed by atoms with Gasteiger partial charge in [-0.1, -0.05) is 22.9 Å². The van der Waals surface area contributed by atoms with Gasteiger partial charge in [0.25, 0.3) is 0 Å². The zero-order chi connectivity index (χ0) is 13.1. The quantitative estimate of drug-likeness (QED) is 0.908. The van der Waals surface area contributed by atoms with Gasteiger partial charge in [-0.25, -0.2) is 0 Å². The lowest BCUT2D eigenvalue weighted by atomic mass is 9.99. The van der Waals surface area contributed by atoms with Crippen LogP contribution in [0.5, 0.6) is 5.75 Å². The molecule has 0 saturated heterocycles. The summed E-state index contributed by atoms with van der Waals surface area (Å²) in [7, 11) is 1.64. The Balaban J connectivity index is 2.19. The van der Waals surface area contributed by atoms with Crippen LogP contribution in [0.3, 0.4) is 0 Å². The zero-order valence-electron chi connectivity index (χ0n) is 10.8. The Labute approximate surface area is 116 Å². The lowest BCUT2D eigenvalue weighted by molar-refractivity contribution is -0.0130. The highest BCUT2D eigenvalue weighted by atomic mass is 79.9. The number of ether oxygens (including phenoxy) is 2. The summed E-state index contributed by atoms with van der Waals surface area (Å²) in [5.74, 6) is 0.947. The summed E-state index contributed by atoms with van der Waals surface area (Å²) in [6.45, 7) is 2.75. The molecule has 2 rings (SSSR count). The van der Waals surface area contributed by atoms with E-state index in [9.17, 15) is 5.11 Å². The van der Waals surface area contributed by atoms with Gasteiger partial charge in [0, 0.05) is 24.4 Å². The molecule has 2 atom stereocenters. The molecule has 1 aliphatic rings. The first-order valence-corrected chi connectivity index (χ1v) is 7.10. The van der Waals surface area contributed by atoms with Gasteiger partial charge in [0.15, 0.2) is 0 Å². The van der Waals surface area contributed by atoms with E-state index < -0.39 is 6.10 Å². The lowest BCUT2D eigenvalue weighted by Gasteiger charge is -2.21. The Morgan fingerprint density at radius 2 is 2.28 bits per heavy atom. The zero-order valence-corrected chi connectivity index (χ0v) is 12.4. The van der Waals surface area contributed by atoms with Crippen LogP contribution >= 0.6 is 15.9 Å². The minimum absolute atomic E-state index is 0.124. The highest BCUT2D eigenvalue weighted by Crippen LogP contribution is 2.34. The molecule has 0 aromatic heterocycles.